The fraction of sp³-hybridized carbons (Fsp3) is 0.200. The maximum absolute atomic E-state index is 11.5. The maximum atomic E-state index is 11.5. The second-order valence-corrected chi connectivity index (χ2v) is 6.89. The van der Waals surface area contributed by atoms with Gasteiger partial charge in [0.1, 0.15) is 36.6 Å². The summed E-state index contributed by atoms with van der Waals surface area (Å²) in [6, 6.07) is 14.0. The molecule has 0 unspecified atom stereocenters. The summed E-state index contributed by atoms with van der Waals surface area (Å²) in [5, 5.41) is 11.8. The van der Waals surface area contributed by atoms with Crippen molar-refractivity contribution in [3.63, 3.8) is 0 Å². The molecule has 1 atom stereocenters. The molecule has 146 valence electrons. The highest BCUT2D eigenvalue weighted by atomic mass is 32.2. The van der Waals surface area contributed by atoms with E-state index in [4.69, 9.17) is 14.2 Å². The SMILES string of the molecule is COc1ccc(OC[C@@H](O)COc2ccc(C=C3SC(=O)NC3=O)cc2)cc1. The van der Waals surface area contributed by atoms with Crippen molar-refractivity contribution in [3.05, 3.63) is 59.0 Å². The van der Waals surface area contributed by atoms with Crippen molar-refractivity contribution in [2.75, 3.05) is 20.3 Å². The smallest absolute Gasteiger partial charge is 0.290 e. The Morgan fingerprint density at radius 2 is 1.50 bits per heavy atom. The quantitative estimate of drug-likeness (QED) is 0.657. The summed E-state index contributed by atoms with van der Waals surface area (Å²) in [6.07, 6.45) is 0.833. The predicted molar refractivity (Wildman–Crippen MR) is 106 cm³/mol. The molecule has 7 nitrogen and oxygen atoms in total. The fourth-order valence-electron chi connectivity index (χ4n) is 2.34. The molecule has 1 fully saturated rings. The Bertz CT molecular complexity index is 863. The number of aliphatic hydroxyl groups excluding tert-OH is 1. The normalized spacial score (nSPS) is 16.0. The largest absolute Gasteiger partial charge is 0.497 e. The lowest BCUT2D eigenvalue weighted by molar-refractivity contribution is -0.115. The Kier molecular flexibility index (Phi) is 6.57. The van der Waals surface area contributed by atoms with Crippen molar-refractivity contribution in [1.82, 2.24) is 5.32 Å². The zero-order valence-corrected chi connectivity index (χ0v) is 15.9. The van der Waals surface area contributed by atoms with Crippen molar-refractivity contribution in [1.29, 1.82) is 0 Å². The number of carbonyl (C=O) groups excluding carboxylic acids is 2. The molecule has 0 bridgehead atoms. The molecule has 28 heavy (non-hydrogen) atoms. The molecule has 1 aliphatic rings. The topological polar surface area (TPSA) is 94.1 Å². The monoisotopic (exact) mass is 401 g/mol. The molecule has 0 aliphatic carbocycles. The van der Waals surface area contributed by atoms with E-state index >= 15 is 0 Å². The van der Waals surface area contributed by atoms with E-state index in [9.17, 15) is 14.7 Å². The first-order valence-electron chi connectivity index (χ1n) is 8.46. The third kappa shape index (κ3) is 5.51. The van der Waals surface area contributed by atoms with Gasteiger partial charge >= 0.3 is 0 Å². The number of ether oxygens (including phenoxy) is 3. The minimum Gasteiger partial charge on any atom is -0.497 e. The van der Waals surface area contributed by atoms with Crippen LogP contribution in [0.25, 0.3) is 6.08 Å². The Labute approximate surface area is 166 Å². The van der Waals surface area contributed by atoms with E-state index in [1.165, 1.54) is 0 Å². The molecule has 3 rings (SSSR count). The average molecular weight is 401 g/mol. The van der Waals surface area contributed by atoms with E-state index in [1.54, 1.807) is 61.7 Å². The van der Waals surface area contributed by atoms with E-state index in [2.05, 4.69) is 5.32 Å². The predicted octanol–water partition coefficient (Wildman–Crippen LogP) is 2.84. The summed E-state index contributed by atoms with van der Waals surface area (Å²) in [5.74, 6) is 1.54. The van der Waals surface area contributed by atoms with Crippen LogP contribution < -0.4 is 19.5 Å². The molecule has 0 aromatic heterocycles. The van der Waals surface area contributed by atoms with Crippen molar-refractivity contribution < 1.29 is 28.9 Å². The molecular weight excluding hydrogens is 382 g/mol. The van der Waals surface area contributed by atoms with Gasteiger partial charge in [0.25, 0.3) is 11.1 Å². The van der Waals surface area contributed by atoms with Gasteiger partial charge in [0.05, 0.1) is 12.0 Å². The van der Waals surface area contributed by atoms with Gasteiger partial charge in [-0.05, 0) is 59.8 Å². The number of benzene rings is 2. The summed E-state index contributed by atoms with van der Waals surface area (Å²) in [7, 11) is 1.59. The Morgan fingerprint density at radius 3 is 2.00 bits per heavy atom. The first-order valence-corrected chi connectivity index (χ1v) is 9.28. The summed E-state index contributed by atoms with van der Waals surface area (Å²) < 4.78 is 16.1. The number of hydrogen-bond donors (Lipinski definition) is 2. The summed E-state index contributed by atoms with van der Waals surface area (Å²) >= 11 is 0.869. The maximum Gasteiger partial charge on any atom is 0.290 e. The van der Waals surface area contributed by atoms with Gasteiger partial charge in [-0.3, -0.25) is 14.9 Å². The van der Waals surface area contributed by atoms with Gasteiger partial charge in [-0.1, -0.05) is 12.1 Å². The van der Waals surface area contributed by atoms with E-state index in [1.807, 2.05) is 0 Å². The van der Waals surface area contributed by atoms with Crippen LogP contribution in [0.15, 0.2) is 53.4 Å². The number of imide groups is 1. The van der Waals surface area contributed by atoms with Gasteiger partial charge < -0.3 is 19.3 Å². The Hall–Kier alpha value is -2.97. The molecule has 2 amide bonds. The van der Waals surface area contributed by atoms with Crippen LogP contribution in [0, 0.1) is 0 Å². The van der Waals surface area contributed by atoms with Gasteiger partial charge in [0.2, 0.25) is 0 Å². The van der Waals surface area contributed by atoms with Crippen LogP contribution >= 0.6 is 11.8 Å². The molecule has 1 aliphatic heterocycles. The molecule has 2 aromatic carbocycles. The summed E-state index contributed by atoms with van der Waals surface area (Å²) in [4.78, 5) is 23.1. The third-order valence-corrected chi connectivity index (χ3v) is 4.57. The number of methoxy groups -OCH3 is 1. The van der Waals surface area contributed by atoms with Gasteiger partial charge in [-0.2, -0.15) is 0 Å². The van der Waals surface area contributed by atoms with Crippen molar-refractivity contribution in [2.24, 2.45) is 0 Å². The molecule has 1 saturated heterocycles. The number of nitrogens with one attached hydrogen (secondary N) is 1. The number of hydrogen-bond acceptors (Lipinski definition) is 7. The third-order valence-electron chi connectivity index (χ3n) is 3.76. The zero-order chi connectivity index (χ0) is 19.9. The molecule has 0 saturated carbocycles. The average Bonchev–Trinajstić information content (AvgIpc) is 3.03. The molecule has 0 radical (unpaired) electrons. The Balaban J connectivity index is 1.45. The summed E-state index contributed by atoms with van der Waals surface area (Å²) in [6.45, 7) is 0.167. The number of thioether (sulfide) groups is 1. The highest BCUT2D eigenvalue weighted by Gasteiger charge is 2.24. The molecule has 0 spiro atoms. The van der Waals surface area contributed by atoms with Crippen molar-refractivity contribution >= 4 is 29.0 Å². The molecule has 2 N–H and O–H groups in total. The number of aliphatic hydroxyl groups is 1. The second kappa shape index (κ2) is 9.29. The van der Waals surface area contributed by atoms with E-state index < -0.39 is 12.0 Å². The molecule has 8 heteroatoms. The number of carbonyl (C=O) groups is 2. The lowest BCUT2D eigenvalue weighted by Crippen LogP contribution is -2.25. The van der Waals surface area contributed by atoms with Gasteiger partial charge in [-0.25, -0.2) is 0 Å². The van der Waals surface area contributed by atoms with Crippen LogP contribution in [-0.4, -0.2) is 42.7 Å². The van der Waals surface area contributed by atoms with E-state index in [0.717, 1.165) is 23.1 Å². The first-order chi connectivity index (χ1) is 13.5. The number of amides is 2. The lowest BCUT2D eigenvalue weighted by Gasteiger charge is -2.14. The van der Waals surface area contributed by atoms with Crippen LogP contribution in [0.1, 0.15) is 5.56 Å². The molecular formula is C20H19NO6S. The molecule has 1 heterocycles. The van der Waals surface area contributed by atoms with Crippen LogP contribution in [0.4, 0.5) is 4.79 Å². The van der Waals surface area contributed by atoms with Gasteiger partial charge in [0, 0.05) is 0 Å². The van der Waals surface area contributed by atoms with Crippen LogP contribution in [-0.2, 0) is 4.79 Å². The zero-order valence-electron chi connectivity index (χ0n) is 15.1. The van der Waals surface area contributed by atoms with Crippen LogP contribution in [0.2, 0.25) is 0 Å². The lowest BCUT2D eigenvalue weighted by atomic mass is 10.2. The Morgan fingerprint density at radius 1 is 0.964 bits per heavy atom. The molecule has 2 aromatic rings. The first kappa shape index (κ1) is 19.8. The van der Waals surface area contributed by atoms with Crippen molar-refractivity contribution in [3.8, 4) is 17.2 Å². The van der Waals surface area contributed by atoms with Crippen LogP contribution in [0.3, 0.4) is 0 Å². The van der Waals surface area contributed by atoms with Gasteiger partial charge in [-0.15, -0.1) is 0 Å². The number of rotatable bonds is 8. The minimum absolute atomic E-state index is 0.0728. The highest BCUT2D eigenvalue weighted by Crippen LogP contribution is 2.26. The fourth-order valence-corrected chi connectivity index (χ4v) is 3.02. The minimum atomic E-state index is -0.798. The highest BCUT2D eigenvalue weighted by molar-refractivity contribution is 8.18. The van der Waals surface area contributed by atoms with E-state index in [0.29, 0.717) is 16.4 Å². The summed E-state index contributed by atoms with van der Waals surface area (Å²) in [5.41, 5.74) is 0.767. The van der Waals surface area contributed by atoms with Crippen LogP contribution in [0.5, 0.6) is 17.2 Å². The second-order valence-electron chi connectivity index (χ2n) is 5.87. The van der Waals surface area contributed by atoms with Gasteiger partial charge in [0.15, 0.2) is 0 Å². The van der Waals surface area contributed by atoms with E-state index in [-0.39, 0.29) is 18.5 Å². The standard InChI is InChI=1S/C20H19NO6S/c1-25-15-6-8-17(9-7-15)27-12-14(22)11-26-16-4-2-13(3-5-16)10-18-19(23)21-20(24)28-18/h2-10,14,22H,11-12H2,1H3,(H,21,23,24)/t14-/m0/s1. The van der Waals surface area contributed by atoms with Crippen molar-refractivity contribution in [2.45, 2.75) is 6.10 Å².